The number of rotatable bonds is 6. The molecule has 1 atom stereocenters. The van der Waals surface area contributed by atoms with Gasteiger partial charge in [0, 0.05) is 24.2 Å². The van der Waals surface area contributed by atoms with Crippen molar-refractivity contribution in [2.75, 3.05) is 19.7 Å². The minimum Gasteiger partial charge on any atom is -0.484 e. The monoisotopic (exact) mass is 367 g/mol. The van der Waals surface area contributed by atoms with Gasteiger partial charge in [-0.2, -0.15) is 0 Å². The van der Waals surface area contributed by atoms with E-state index in [2.05, 4.69) is 0 Å². The first-order chi connectivity index (χ1) is 12.9. The summed E-state index contributed by atoms with van der Waals surface area (Å²) in [5.74, 6) is -0.738. The van der Waals surface area contributed by atoms with Crippen molar-refractivity contribution in [3.8, 4) is 5.75 Å². The van der Waals surface area contributed by atoms with Gasteiger partial charge in [0.2, 0.25) is 0 Å². The van der Waals surface area contributed by atoms with Gasteiger partial charge < -0.3 is 14.7 Å². The molecule has 1 N–H and O–H groups in total. The lowest BCUT2D eigenvalue weighted by Gasteiger charge is -2.20. The quantitative estimate of drug-likeness (QED) is 0.794. The van der Waals surface area contributed by atoms with Crippen molar-refractivity contribution in [1.29, 1.82) is 0 Å². The van der Waals surface area contributed by atoms with E-state index in [-0.39, 0.29) is 24.8 Å². The molecule has 0 radical (unpaired) electrons. The number of hydrogen-bond acceptors (Lipinski definition) is 4. The van der Waals surface area contributed by atoms with Crippen molar-refractivity contribution in [2.45, 2.75) is 13.3 Å². The summed E-state index contributed by atoms with van der Waals surface area (Å²) in [5.41, 5.74) is 0.253. The molecule has 1 fully saturated rings. The van der Waals surface area contributed by atoms with Crippen LogP contribution in [0.1, 0.15) is 29.3 Å². The molecule has 3 rings (SSSR count). The van der Waals surface area contributed by atoms with E-state index in [9.17, 15) is 19.5 Å². The summed E-state index contributed by atoms with van der Waals surface area (Å²) < 4.78 is 5.50. The van der Waals surface area contributed by atoms with Crippen molar-refractivity contribution in [3.63, 3.8) is 0 Å². The van der Waals surface area contributed by atoms with Gasteiger partial charge in [-0.15, -0.1) is 0 Å². The fourth-order valence-corrected chi connectivity index (χ4v) is 3.04. The standard InChI is InChI=1S/C21H21NO5/c1-21(20(25)26)11-12-22(14-21)18(23)13-27-17-9-7-16(8-10-17)19(24)15-5-3-2-4-6-15/h2-10H,11-14H2,1H3,(H,25,26). The van der Waals surface area contributed by atoms with E-state index in [0.29, 0.717) is 29.8 Å². The number of carboxylic acid groups (broad SMARTS) is 1. The molecule has 0 aliphatic carbocycles. The Bertz CT molecular complexity index is 847. The molecule has 0 bridgehead atoms. The first kappa shape index (κ1) is 18.6. The highest BCUT2D eigenvalue weighted by Gasteiger charge is 2.42. The maximum Gasteiger partial charge on any atom is 0.311 e. The fourth-order valence-electron chi connectivity index (χ4n) is 3.04. The fraction of sp³-hybridized carbons (Fsp3) is 0.286. The lowest BCUT2D eigenvalue weighted by Crippen LogP contribution is -2.37. The minimum atomic E-state index is -0.894. The van der Waals surface area contributed by atoms with E-state index in [1.807, 2.05) is 18.2 Å². The van der Waals surface area contributed by atoms with E-state index in [1.165, 1.54) is 4.90 Å². The Kier molecular flexibility index (Phi) is 5.26. The maximum absolute atomic E-state index is 12.4. The highest BCUT2D eigenvalue weighted by Crippen LogP contribution is 2.30. The number of ketones is 1. The Morgan fingerprint density at radius 3 is 2.26 bits per heavy atom. The van der Waals surface area contributed by atoms with Gasteiger partial charge in [-0.1, -0.05) is 30.3 Å². The van der Waals surface area contributed by atoms with Gasteiger partial charge in [-0.3, -0.25) is 14.4 Å². The van der Waals surface area contributed by atoms with Gasteiger partial charge >= 0.3 is 5.97 Å². The molecule has 2 aromatic carbocycles. The Balaban J connectivity index is 1.56. The number of hydrogen-bond donors (Lipinski definition) is 1. The van der Waals surface area contributed by atoms with Crippen LogP contribution in [0.5, 0.6) is 5.75 Å². The van der Waals surface area contributed by atoms with Crippen LogP contribution in [0.3, 0.4) is 0 Å². The summed E-state index contributed by atoms with van der Waals surface area (Å²) in [4.78, 5) is 37.4. The molecule has 1 saturated heterocycles. The number of benzene rings is 2. The zero-order valence-corrected chi connectivity index (χ0v) is 15.1. The summed E-state index contributed by atoms with van der Waals surface area (Å²) in [6.45, 7) is 2.08. The first-order valence-electron chi connectivity index (χ1n) is 8.73. The zero-order valence-electron chi connectivity index (χ0n) is 15.1. The molecule has 6 nitrogen and oxygen atoms in total. The molecule has 2 aromatic rings. The second-order valence-corrected chi connectivity index (χ2v) is 6.94. The topological polar surface area (TPSA) is 83.9 Å². The van der Waals surface area contributed by atoms with Gasteiger partial charge in [0.15, 0.2) is 12.4 Å². The molecule has 1 amide bonds. The number of nitrogens with zero attached hydrogens (tertiary/aromatic N) is 1. The Labute approximate surface area is 157 Å². The second-order valence-electron chi connectivity index (χ2n) is 6.94. The van der Waals surface area contributed by atoms with Gasteiger partial charge in [-0.25, -0.2) is 0 Å². The first-order valence-corrected chi connectivity index (χ1v) is 8.73. The van der Waals surface area contributed by atoms with Crippen molar-refractivity contribution in [1.82, 2.24) is 4.90 Å². The predicted molar refractivity (Wildman–Crippen MR) is 98.8 cm³/mol. The lowest BCUT2D eigenvalue weighted by atomic mass is 9.90. The van der Waals surface area contributed by atoms with E-state index in [1.54, 1.807) is 43.3 Å². The lowest BCUT2D eigenvalue weighted by molar-refractivity contribution is -0.147. The third kappa shape index (κ3) is 4.16. The van der Waals surface area contributed by atoms with Crippen LogP contribution in [-0.4, -0.2) is 47.4 Å². The van der Waals surface area contributed by atoms with Gasteiger partial charge in [0.05, 0.1) is 5.41 Å². The molecular formula is C21H21NO5. The number of ether oxygens (including phenoxy) is 1. The van der Waals surface area contributed by atoms with Crippen molar-refractivity contribution in [3.05, 3.63) is 65.7 Å². The summed E-state index contributed by atoms with van der Waals surface area (Å²) in [6, 6.07) is 15.6. The van der Waals surface area contributed by atoms with Crippen LogP contribution in [0.4, 0.5) is 0 Å². The van der Waals surface area contributed by atoms with Crippen molar-refractivity contribution in [2.24, 2.45) is 5.41 Å². The van der Waals surface area contributed by atoms with E-state index in [0.717, 1.165) is 0 Å². The van der Waals surface area contributed by atoms with Crippen molar-refractivity contribution < 1.29 is 24.2 Å². The molecule has 1 aliphatic rings. The Hall–Kier alpha value is -3.15. The Morgan fingerprint density at radius 2 is 1.67 bits per heavy atom. The van der Waals surface area contributed by atoms with E-state index in [4.69, 9.17) is 4.74 Å². The third-order valence-corrected chi connectivity index (χ3v) is 4.86. The van der Waals surface area contributed by atoms with Crippen molar-refractivity contribution >= 4 is 17.7 Å². The van der Waals surface area contributed by atoms with Crippen LogP contribution in [0.2, 0.25) is 0 Å². The summed E-state index contributed by atoms with van der Waals surface area (Å²) in [6.07, 6.45) is 0.435. The highest BCUT2D eigenvalue weighted by atomic mass is 16.5. The molecule has 140 valence electrons. The van der Waals surface area contributed by atoms with Gasteiger partial charge in [0.1, 0.15) is 5.75 Å². The number of amides is 1. The summed E-state index contributed by atoms with van der Waals surface area (Å²) >= 11 is 0. The van der Waals surface area contributed by atoms with Crippen LogP contribution in [0, 0.1) is 5.41 Å². The zero-order chi connectivity index (χ0) is 19.4. The third-order valence-electron chi connectivity index (χ3n) is 4.86. The van der Waals surface area contributed by atoms with Gasteiger partial charge in [-0.05, 0) is 37.6 Å². The number of carboxylic acids is 1. The SMILES string of the molecule is CC1(C(=O)O)CCN(C(=O)COc2ccc(C(=O)c3ccccc3)cc2)C1. The largest absolute Gasteiger partial charge is 0.484 e. The van der Waals surface area contributed by atoms with Crippen LogP contribution < -0.4 is 4.74 Å². The van der Waals surface area contributed by atoms with Crippen LogP contribution in [0.15, 0.2) is 54.6 Å². The van der Waals surface area contributed by atoms with E-state index >= 15 is 0 Å². The smallest absolute Gasteiger partial charge is 0.311 e. The molecule has 0 aromatic heterocycles. The number of aliphatic carboxylic acids is 1. The average Bonchev–Trinajstić information content (AvgIpc) is 3.10. The average molecular weight is 367 g/mol. The number of carbonyl (C=O) groups excluding carboxylic acids is 2. The molecule has 0 saturated carbocycles. The summed E-state index contributed by atoms with van der Waals surface area (Å²) in [7, 11) is 0. The molecule has 27 heavy (non-hydrogen) atoms. The molecular weight excluding hydrogens is 346 g/mol. The van der Waals surface area contributed by atoms with Crippen LogP contribution >= 0.6 is 0 Å². The number of likely N-dealkylation sites (tertiary alicyclic amines) is 1. The Morgan fingerprint density at radius 1 is 1.04 bits per heavy atom. The van der Waals surface area contributed by atoms with Crippen LogP contribution in [-0.2, 0) is 9.59 Å². The molecule has 6 heteroatoms. The highest BCUT2D eigenvalue weighted by molar-refractivity contribution is 6.08. The molecule has 1 heterocycles. The summed E-state index contributed by atoms with van der Waals surface area (Å²) in [5, 5.41) is 9.24. The molecule has 1 aliphatic heterocycles. The number of carbonyl (C=O) groups is 3. The minimum absolute atomic E-state index is 0.0803. The molecule has 0 spiro atoms. The maximum atomic E-state index is 12.4. The normalized spacial score (nSPS) is 18.9. The van der Waals surface area contributed by atoms with E-state index < -0.39 is 11.4 Å². The second kappa shape index (κ2) is 7.61. The van der Waals surface area contributed by atoms with Gasteiger partial charge in [0.25, 0.3) is 5.91 Å². The molecule has 1 unspecified atom stereocenters. The van der Waals surface area contributed by atoms with Crippen LogP contribution in [0.25, 0.3) is 0 Å². The predicted octanol–water partition coefficient (Wildman–Crippen LogP) is 2.62.